The first-order chi connectivity index (χ1) is 6.77. The quantitative estimate of drug-likeness (QED) is 0.775. The van der Waals surface area contributed by atoms with E-state index in [-0.39, 0.29) is 11.9 Å². The van der Waals surface area contributed by atoms with Crippen molar-refractivity contribution in [1.29, 1.82) is 0 Å². The maximum absolute atomic E-state index is 11.3. The molecule has 1 heterocycles. The van der Waals surface area contributed by atoms with Gasteiger partial charge in [-0.1, -0.05) is 13.0 Å². The Kier molecular flexibility index (Phi) is 4.32. The van der Waals surface area contributed by atoms with Crippen LogP contribution >= 0.6 is 11.3 Å². The number of hydrogen-bond acceptors (Lipinski definition) is 3. The second-order valence-corrected chi connectivity index (χ2v) is 3.77. The summed E-state index contributed by atoms with van der Waals surface area (Å²) in [4.78, 5) is 15.5. The summed E-state index contributed by atoms with van der Waals surface area (Å²) in [5.41, 5.74) is 0. The normalized spacial score (nSPS) is 13.0. The molecule has 1 amide bonds. The Morgan fingerprint density at radius 3 is 3.07 bits per heavy atom. The zero-order valence-corrected chi connectivity index (χ0v) is 9.17. The summed E-state index contributed by atoms with van der Waals surface area (Å²) in [6, 6.07) is 0.0405. The standard InChI is InChI=1S/C10H14N2OS/c1-3-5-9(13)12-8(4-2)10-11-6-7-14-10/h3,5-8H,4H2,1-2H3,(H,12,13). The first-order valence-corrected chi connectivity index (χ1v) is 5.48. The molecule has 1 N–H and O–H groups in total. The Labute approximate surface area is 87.9 Å². The van der Waals surface area contributed by atoms with Gasteiger partial charge in [-0.25, -0.2) is 4.98 Å². The minimum atomic E-state index is -0.0606. The van der Waals surface area contributed by atoms with E-state index in [1.54, 1.807) is 23.6 Å². The molecule has 0 radical (unpaired) electrons. The highest BCUT2D eigenvalue weighted by Crippen LogP contribution is 2.18. The van der Waals surface area contributed by atoms with E-state index in [9.17, 15) is 4.79 Å². The number of aromatic nitrogens is 1. The van der Waals surface area contributed by atoms with E-state index < -0.39 is 0 Å². The third-order valence-corrected chi connectivity index (χ3v) is 2.68. The van der Waals surface area contributed by atoms with Crippen LogP contribution in [0.4, 0.5) is 0 Å². The molecule has 76 valence electrons. The van der Waals surface area contributed by atoms with Crippen LogP contribution in [0.3, 0.4) is 0 Å². The maximum atomic E-state index is 11.3. The van der Waals surface area contributed by atoms with Crippen molar-refractivity contribution in [1.82, 2.24) is 10.3 Å². The minimum Gasteiger partial charge on any atom is -0.343 e. The topological polar surface area (TPSA) is 42.0 Å². The number of carbonyl (C=O) groups excluding carboxylic acids is 1. The zero-order valence-electron chi connectivity index (χ0n) is 8.36. The molecule has 1 rings (SSSR count). The van der Waals surface area contributed by atoms with Gasteiger partial charge in [0.05, 0.1) is 6.04 Å². The Bertz CT molecular complexity index is 306. The SMILES string of the molecule is CC=CC(=O)NC(CC)c1nccs1. The van der Waals surface area contributed by atoms with Gasteiger partial charge in [0.15, 0.2) is 0 Å². The number of nitrogens with one attached hydrogen (secondary N) is 1. The summed E-state index contributed by atoms with van der Waals surface area (Å²) in [5.74, 6) is -0.0606. The van der Waals surface area contributed by atoms with Crippen molar-refractivity contribution in [3.8, 4) is 0 Å². The maximum Gasteiger partial charge on any atom is 0.244 e. The smallest absolute Gasteiger partial charge is 0.244 e. The number of allylic oxidation sites excluding steroid dienone is 1. The summed E-state index contributed by atoms with van der Waals surface area (Å²) in [6.07, 6.45) is 5.86. The largest absolute Gasteiger partial charge is 0.343 e. The molecule has 3 nitrogen and oxygen atoms in total. The van der Waals surface area contributed by atoms with Crippen LogP contribution in [-0.2, 0) is 4.79 Å². The number of hydrogen-bond donors (Lipinski definition) is 1. The highest BCUT2D eigenvalue weighted by molar-refractivity contribution is 7.09. The van der Waals surface area contributed by atoms with E-state index in [2.05, 4.69) is 10.3 Å². The molecule has 0 aliphatic rings. The van der Waals surface area contributed by atoms with E-state index in [0.717, 1.165) is 11.4 Å². The fraction of sp³-hybridized carbons (Fsp3) is 0.400. The van der Waals surface area contributed by atoms with Gasteiger partial charge >= 0.3 is 0 Å². The van der Waals surface area contributed by atoms with Crippen LogP contribution < -0.4 is 5.32 Å². The molecule has 0 saturated heterocycles. The van der Waals surface area contributed by atoms with Crippen LogP contribution in [0.25, 0.3) is 0 Å². The van der Waals surface area contributed by atoms with Crippen molar-refractivity contribution in [3.05, 3.63) is 28.7 Å². The molecule has 1 aromatic rings. The van der Waals surface area contributed by atoms with Gasteiger partial charge < -0.3 is 5.32 Å². The van der Waals surface area contributed by atoms with Crippen molar-refractivity contribution in [3.63, 3.8) is 0 Å². The third kappa shape index (κ3) is 2.96. The molecule has 0 saturated carbocycles. The van der Waals surface area contributed by atoms with Crippen LogP contribution in [0.1, 0.15) is 31.3 Å². The predicted molar refractivity (Wildman–Crippen MR) is 58.1 cm³/mol. The molecular weight excluding hydrogens is 196 g/mol. The van der Waals surface area contributed by atoms with E-state index in [1.165, 1.54) is 6.08 Å². The predicted octanol–water partition coefficient (Wildman–Crippen LogP) is 2.29. The summed E-state index contributed by atoms with van der Waals surface area (Å²) < 4.78 is 0. The average Bonchev–Trinajstić information content (AvgIpc) is 2.67. The van der Waals surface area contributed by atoms with Gasteiger partial charge in [-0.15, -0.1) is 11.3 Å². The number of carbonyl (C=O) groups is 1. The summed E-state index contributed by atoms with van der Waals surface area (Å²) in [6.45, 7) is 3.85. The van der Waals surface area contributed by atoms with Crippen molar-refractivity contribution in [2.75, 3.05) is 0 Å². The highest BCUT2D eigenvalue weighted by Gasteiger charge is 2.12. The lowest BCUT2D eigenvalue weighted by Crippen LogP contribution is -2.26. The Morgan fingerprint density at radius 1 is 1.79 bits per heavy atom. The summed E-state index contributed by atoms with van der Waals surface area (Å²) in [7, 11) is 0. The van der Waals surface area contributed by atoms with Gasteiger partial charge in [-0.2, -0.15) is 0 Å². The molecule has 14 heavy (non-hydrogen) atoms. The Hall–Kier alpha value is -1.16. The first-order valence-electron chi connectivity index (χ1n) is 4.60. The second kappa shape index (κ2) is 5.54. The highest BCUT2D eigenvalue weighted by atomic mass is 32.1. The molecule has 0 spiro atoms. The van der Waals surface area contributed by atoms with E-state index in [0.29, 0.717) is 0 Å². The van der Waals surface area contributed by atoms with Gasteiger partial charge in [0.1, 0.15) is 5.01 Å². The molecule has 0 aliphatic heterocycles. The fourth-order valence-corrected chi connectivity index (χ4v) is 1.89. The van der Waals surface area contributed by atoms with Gasteiger partial charge in [0, 0.05) is 11.6 Å². The van der Waals surface area contributed by atoms with Gasteiger partial charge in [0.25, 0.3) is 0 Å². The molecule has 1 aromatic heterocycles. The monoisotopic (exact) mass is 210 g/mol. The number of rotatable bonds is 4. The van der Waals surface area contributed by atoms with Crippen molar-refractivity contribution in [2.24, 2.45) is 0 Å². The lowest BCUT2D eigenvalue weighted by molar-refractivity contribution is -0.117. The zero-order chi connectivity index (χ0) is 10.4. The van der Waals surface area contributed by atoms with Gasteiger partial charge in [0.2, 0.25) is 5.91 Å². The van der Waals surface area contributed by atoms with Crippen LogP contribution in [0, 0.1) is 0 Å². The van der Waals surface area contributed by atoms with E-state index in [4.69, 9.17) is 0 Å². The molecular formula is C10H14N2OS. The van der Waals surface area contributed by atoms with Crippen LogP contribution in [0.5, 0.6) is 0 Å². The molecule has 0 aliphatic carbocycles. The minimum absolute atomic E-state index is 0.0405. The molecule has 1 unspecified atom stereocenters. The summed E-state index contributed by atoms with van der Waals surface area (Å²) in [5, 5.41) is 5.77. The molecule has 0 aromatic carbocycles. The lowest BCUT2D eigenvalue weighted by atomic mass is 10.2. The molecule has 4 heteroatoms. The van der Waals surface area contributed by atoms with Crippen LogP contribution in [-0.4, -0.2) is 10.9 Å². The van der Waals surface area contributed by atoms with Crippen LogP contribution in [0.2, 0.25) is 0 Å². The third-order valence-electron chi connectivity index (χ3n) is 1.79. The molecule has 0 fully saturated rings. The molecule has 1 atom stereocenters. The van der Waals surface area contributed by atoms with Gasteiger partial charge in [-0.05, 0) is 19.4 Å². The van der Waals surface area contributed by atoms with Gasteiger partial charge in [-0.3, -0.25) is 4.79 Å². The number of nitrogens with zero attached hydrogens (tertiary/aromatic N) is 1. The summed E-state index contributed by atoms with van der Waals surface area (Å²) >= 11 is 1.57. The Balaban J connectivity index is 2.60. The van der Waals surface area contributed by atoms with E-state index in [1.807, 2.05) is 19.2 Å². The fourth-order valence-electron chi connectivity index (χ4n) is 1.12. The Morgan fingerprint density at radius 2 is 2.57 bits per heavy atom. The van der Waals surface area contributed by atoms with Crippen molar-refractivity contribution >= 4 is 17.2 Å². The lowest BCUT2D eigenvalue weighted by Gasteiger charge is -2.12. The first kappa shape index (κ1) is 10.9. The number of thiazole rings is 1. The second-order valence-electron chi connectivity index (χ2n) is 2.84. The number of amides is 1. The van der Waals surface area contributed by atoms with Crippen molar-refractivity contribution < 1.29 is 4.79 Å². The van der Waals surface area contributed by atoms with E-state index >= 15 is 0 Å². The van der Waals surface area contributed by atoms with Crippen LogP contribution in [0.15, 0.2) is 23.7 Å². The average molecular weight is 210 g/mol. The van der Waals surface area contributed by atoms with Crippen molar-refractivity contribution in [2.45, 2.75) is 26.3 Å². The molecule has 0 bridgehead atoms.